The third-order valence-electron chi connectivity index (χ3n) is 3.84. The van der Waals surface area contributed by atoms with E-state index >= 15 is 0 Å². The van der Waals surface area contributed by atoms with Crippen LogP contribution in [0.4, 0.5) is 0 Å². The molecular weight excluding hydrogens is 284 g/mol. The highest BCUT2D eigenvalue weighted by atomic mass is 32.2. The van der Waals surface area contributed by atoms with Crippen LogP contribution in [0.2, 0.25) is 0 Å². The van der Waals surface area contributed by atoms with Crippen LogP contribution in [0.1, 0.15) is 39.2 Å². The van der Waals surface area contributed by atoms with Crippen molar-refractivity contribution >= 4 is 10.0 Å². The van der Waals surface area contributed by atoms with E-state index in [9.17, 15) is 8.42 Å². The molecule has 1 aliphatic carbocycles. The van der Waals surface area contributed by atoms with Gasteiger partial charge in [0.25, 0.3) is 0 Å². The summed E-state index contributed by atoms with van der Waals surface area (Å²) >= 11 is 0. The van der Waals surface area contributed by atoms with Crippen molar-refractivity contribution in [1.29, 1.82) is 0 Å². The van der Waals surface area contributed by atoms with Gasteiger partial charge < -0.3 is 5.32 Å². The van der Waals surface area contributed by atoms with Crippen molar-refractivity contribution < 1.29 is 8.42 Å². The number of nitrogens with zero attached hydrogens (tertiary/aromatic N) is 1. The van der Waals surface area contributed by atoms with Crippen LogP contribution in [-0.2, 0) is 16.4 Å². The summed E-state index contributed by atoms with van der Waals surface area (Å²) in [5, 5.41) is 3.47. The van der Waals surface area contributed by atoms with Crippen LogP contribution in [0.15, 0.2) is 29.2 Å². The second kappa shape index (κ2) is 6.90. The molecule has 1 aromatic carbocycles. The Labute approximate surface area is 128 Å². The van der Waals surface area contributed by atoms with Crippen molar-refractivity contribution in [3.05, 3.63) is 29.8 Å². The minimum Gasteiger partial charge on any atom is -0.314 e. The van der Waals surface area contributed by atoms with E-state index in [0.29, 0.717) is 17.5 Å². The highest BCUT2D eigenvalue weighted by Gasteiger charge is 2.25. The SMILES string of the molecule is CCN(C(C)C)S(=O)(=O)c1ccc(CCNC2CC2)cc1. The molecule has 0 bridgehead atoms. The molecule has 0 heterocycles. The topological polar surface area (TPSA) is 49.4 Å². The van der Waals surface area contributed by atoms with E-state index in [1.807, 2.05) is 32.9 Å². The number of nitrogens with one attached hydrogen (secondary N) is 1. The Morgan fingerprint density at radius 2 is 1.86 bits per heavy atom. The van der Waals surface area contributed by atoms with Gasteiger partial charge >= 0.3 is 0 Å². The van der Waals surface area contributed by atoms with Gasteiger partial charge in [-0.1, -0.05) is 19.1 Å². The van der Waals surface area contributed by atoms with Crippen LogP contribution < -0.4 is 5.32 Å². The van der Waals surface area contributed by atoms with Crippen molar-refractivity contribution in [3.63, 3.8) is 0 Å². The van der Waals surface area contributed by atoms with Gasteiger partial charge in [0.2, 0.25) is 10.0 Å². The van der Waals surface area contributed by atoms with Gasteiger partial charge in [-0.3, -0.25) is 0 Å². The molecule has 0 spiro atoms. The van der Waals surface area contributed by atoms with Gasteiger partial charge in [-0.2, -0.15) is 4.31 Å². The fraction of sp³-hybridized carbons (Fsp3) is 0.625. The fourth-order valence-electron chi connectivity index (χ4n) is 2.48. The zero-order valence-corrected chi connectivity index (χ0v) is 14.0. The molecule has 1 aromatic rings. The molecule has 0 atom stereocenters. The molecule has 1 aliphatic rings. The Bertz CT molecular complexity index is 548. The molecule has 0 radical (unpaired) electrons. The van der Waals surface area contributed by atoms with E-state index in [4.69, 9.17) is 0 Å². The fourth-order valence-corrected chi connectivity index (χ4v) is 4.13. The summed E-state index contributed by atoms with van der Waals surface area (Å²) in [6.45, 7) is 7.13. The number of benzene rings is 1. The standard InChI is InChI=1S/C16H26N2O2S/c1-4-18(13(2)3)21(19,20)16-9-5-14(6-10-16)11-12-17-15-7-8-15/h5-6,9-10,13,15,17H,4,7-8,11-12H2,1-3H3. The molecule has 0 aliphatic heterocycles. The van der Waals surface area contributed by atoms with Crippen molar-refractivity contribution in [2.75, 3.05) is 13.1 Å². The first-order valence-corrected chi connectivity index (χ1v) is 9.23. The maximum Gasteiger partial charge on any atom is 0.243 e. The van der Waals surface area contributed by atoms with Crippen LogP contribution in [0.5, 0.6) is 0 Å². The summed E-state index contributed by atoms with van der Waals surface area (Å²) in [6, 6.07) is 8.00. The molecule has 0 unspecified atom stereocenters. The van der Waals surface area contributed by atoms with Crippen molar-refractivity contribution in [1.82, 2.24) is 9.62 Å². The van der Waals surface area contributed by atoms with Gasteiger partial charge in [0.1, 0.15) is 0 Å². The molecule has 4 nitrogen and oxygen atoms in total. The minimum absolute atomic E-state index is 0.0255. The zero-order valence-electron chi connectivity index (χ0n) is 13.2. The Hall–Kier alpha value is -0.910. The molecule has 0 saturated heterocycles. The summed E-state index contributed by atoms with van der Waals surface area (Å²) in [6.07, 6.45) is 3.52. The van der Waals surface area contributed by atoms with Gasteiger partial charge in [-0.05, 0) is 57.4 Å². The molecule has 0 aromatic heterocycles. The predicted molar refractivity (Wildman–Crippen MR) is 85.9 cm³/mol. The van der Waals surface area contributed by atoms with Gasteiger partial charge in [-0.15, -0.1) is 0 Å². The third-order valence-corrected chi connectivity index (χ3v) is 6.01. The lowest BCUT2D eigenvalue weighted by Gasteiger charge is -2.24. The van der Waals surface area contributed by atoms with E-state index in [2.05, 4.69) is 5.32 Å². The minimum atomic E-state index is -3.37. The van der Waals surface area contributed by atoms with Crippen LogP contribution in [0.25, 0.3) is 0 Å². The first-order chi connectivity index (χ1) is 9.95. The Balaban J connectivity index is 2.02. The van der Waals surface area contributed by atoms with Crippen molar-refractivity contribution in [2.24, 2.45) is 0 Å². The van der Waals surface area contributed by atoms with Gasteiger partial charge in [-0.25, -0.2) is 8.42 Å². The number of hydrogen-bond acceptors (Lipinski definition) is 3. The maximum absolute atomic E-state index is 12.5. The number of sulfonamides is 1. The van der Waals surface area contributed by atoms with E-state index in [1.54, 1.807) is 12.1 Å². The van der Waals surface area contributed by atoms with Gasteiger partial charge in [0, 0.05) is 18.6 Å². The Kier molecular flexibility index (Phi) is 5.41. The summed E-state index contributed by atoms with van der Waals surface area (Å²) < 4.78 is 26.6. The molecule has 0 amide bonds. The lowest BCUT2D eigenvalue weighted by molar-refractivity contribution is 0.369. The van der Waals surface area contributed by atoms with Crippen LogP contribution >= 0.6 is 0 Å². The molecule has 1 N–H and O–H groups in total. The number of hydrogen-bond donors (Lipinski definition) is 1. The highest BCUT2D eigenvalue weighted by Crippen LogP contribution is 2.20. The second-order valence-corrected chi connectivity index (χ2v) is 7.82. The molecule has 5 heteroatoms. The van der Waals surface area contributed by atoms with Crippen LogP contribution in [-0.4, -0.2) is 37.9 Å². The second-order valence-electron chi connectivity index (χ2n) is 5.92. The van der Waals surface area contributed by atoms with E-state index in [1.165, 1.54) is 22.7 Å². The van der Waals surface area contributed by atoms with Crippen molar-refractivity contribution in [3.8, 4) is 0 Å². The average molecular weight is 310 g/mol. The largest absolute Gasteiger partial charge is 0.314 e. The monoisotopic (exact) mass is 310 g/mol. The predicted octanol–water partition coefficient (Wildman–Crippen LogP) is 2.40. The molecule has 1 saturated carbocycles. The van der Waals surface area contributed by atoms with Crippen LogP contribution in [0.3, 0.4) is 0 Å². The first-order valence-electron chi connectivity index (χ1n) is 7.79. The molecule has 1 fully saturated rings. The molecular formula is C16H26N2O2S. The van der Waals surface area contributed by atoms with Gasteiger partial charge in [0.15, 0.2) is 0 Å². The molecule has 2 rings (SSSR count). The van der Waals surface area contributed by atoms with Crippen molar-refractivity contribution in [2.45, 2.75) is 57.0 Å². The summed E-state index contributed by atoms with van der Waals surface area (Å²) in [5.41, 5.74) is 1.18. The maximum atomic E-state index is 12.5. The summed E-state index contributed by atoms with van der Waals surface area (Å²) in [7, 11) is -3.37. The normalized spacial score (nSPS) is 15.9. The van der Waals surface area contributed by atoms with E-state index in [-0.39, 0.29) is 6.04 Å². The Morgan fingerprint density at radius 1 is 1.24 bits per heavy atom. The van der Waals surface area contributed by atoms with Crippen LogP contribution in [0, 0.1) is 0 Å². The van der Waals surface area contributed by atoms with Gasteiger partial charge in [0.05, 0.1) is 4.90 Å². The highest BCUT2D eigenvalue weighted by molar-refractivity contribution is 7.89. The van der Waals surface area contributed by atoms with E-state index < -0.39 is 10.0 Å². The number of rotatable bonds is 8. The lowest BCUT2D eigenvalue weighted by Crippen LogP contribution is -2.36. The average Bonchev–Trinajstić information content (AvgIpc) is 3.23. The third kappa shape index (κ3) is 4.28. The smallest absolute Gasteiger partial charge is 0.243 e. The molecule has 21 heavy (non-hydrogen) atoms. The lowest BCUT2D eigenvalue weighted by atomic mass is 10.1. The first kappa shape index (κ1) is 16.5. The zero-order chi connectivity index (χ0) is 15.5. The van der Waals surface area contributed by atoms with E-state index in [0.717, 1.165) is 13.0 Å². The Morgan fingerprint density at radius 3 is 2.33 bits per heavy atom. The summed E-state index contributed by atoms with van der Waals surface area (Å²) in [4.78, 5) is 0.386. The molecule has 118 valence electrons. The summed E-state index contributed by atoms with van der Waals surface area (Å²) in [5.74, 6) is 0. The quantitative estimate of drug-likeness (QED) is 0.802.